The molecule has 0 aliphatic carbocycles. The molecule has 1 aromatic heterocycles. The first-order valence-corrected chi connectivity index (χ1v) is 8.37. The molecule has 3 rings (SSSR count). The minimum absolute atomic E-state index is 0.713. The largest absolute Gasteiger partial charge is 0.354 e. The Morgan fingerprint density at radius 2 is 2.05 bits per heavy atom. The molecule has 5 nitrogen and oxygen atoms in total. The highest BCUT2D eigenvalue weighted by Gasteiger charge is 2.29. The summed E-state index contributed by atoms with van der Waals surface area (Å²) in [5.41, 5.74) is 1.04. The number of rotatable bonds is 5. The number of nitrogens with one attached hydrogen (secondary N) is 1. The van der Waals surface area contributed by atoms with Crippen LogP contribution >= 0.6 is 0 Å². The number of piperidine rings is 1. The molecule has 1 N–H and O–H groups in total. The Balaban J connectivity index is 1.60. The van der Waals surface area contributed by atoms with Gasteiger partial charge in [-0.05, 0) is 38.9 Å². The molecule has 116 valence electrons. The van der Waals surface area contributed by atoms with E-state index in [1.807, 2.05) is 12.4 Å². The van der Waals surface area contributed by atoms with E-state index in [-0.39, 0.29) is 0 Å². The van der Waals surface area contributed by atoms with Crippen LogP contribution in [0, 0.1) is 0 Å². The molecule has 0 bridgehead atoms. The molecule has 1 aromatic rings. The molecule has 2 saturated heterocycles. The van der Waals surface area contributed by atoms with Crippen LogP contribution in [0.4, 0.5) is 5.82 Å². The summed E-state index contributed by atoms with van der Waals surface area (Å²) in [5.74, 6) is 1.05. The lowest BCUT2D eigenvalue weighted by molar-refractivity contribution is 0.175. The third kappa shape index (κ3) is 3.71. The molecular formula is C16H27N5. The molecule has 1 atom stereocenters. The van der Waals surface area contributed by atoms with E-state index in [4.69, 9.17) is 4.98 Å². The monoisotopic (exact) mass is 289 g/mol. The minimum atomic E-state index is 0.713. The standard InChI is InChI=1S/C16H27N5/c1-2-17-10-14-11-18-12-16(19-14)21-9-6-15(13-21)20-7-4-3-5-8-20/h11-12,15,17H,2-10,13H2,1H3. The first kappa shape index (κ1) is 14.7. The summed E-state index contributed by atoms with van der Waals surface area (Å²) in [5, 5.41) is 3.31. The van der Waals surface area contributed by atoms with Crippen LogP contribution in [0.25, 0.3) is 0 Å². The van der Waals surface area contributed by atoms with Gasteiger partial charge in [0.25, 0.3) is 0 Å². The summed E-state index contributed by atoms with van der Waals surface area (Å²) in [7, 11) is 0. The minimum Gasteiger partial charge on any atom is -0.354 e. The van der Waals surface area contributed by atoms with Crippen LogP contribution in [0.15, 0.2) is 12.4 Å². The average molecular weight is 289 g/mol. The molecule has 2 fully saturated rings. The maximum atomic E-state index is 4.75. The lowest BCUT2D eigenvalue weighted by Gasteiger charge is -2.32. The molecular weight excluding hydrogens is 262 g/mol. The molecule has 0 saturated carbocycles. The third-order valence-electron chi connectivity index (χ3n) is 4.62. The van der Waals surface area contributed by atoms with Crippen molar-refractivity contribution in [1.29, 1.82) is 0 Å². The van der Waals surface area contributed by atoms with E-state index in [1.165, 1.54) is 38.8 Å². The Hall–Kier alpha value is -1.20. The van der Waals surface area contributed by atoms with Gasteiger partial charge < -0.3 is 10.2 Å². The van der Waals surface area contributed by atoms with Gasteiger partial charge in [0.2, 0.25) is 0 Å². The van der Waals surface area contributed by atoms with Gasteiger partial charge in [-0.25, -0.2) is 4.98 Å². The van der Waals surface area contributed by atoms with Crippen LogP contribution in [0.3, 0.4) is 0 Å². The Labute approximate surface area is 127 Å². The lowest BCUT2D eigenvalue weighted by Crippen LogP contribution is -2.41. The van der Waals surface area contributed by atoms with Crippen molar-refractivity contribution in [3.05, 3.63) is 18.1 Å². The first-order valence-electron chi connectivity index (χ1n) is 8.37. The fraction of sp³-hybridized carbons (Fsp3) is 0.750. The maximum Gasteiger partial charge on any atom is 0.147 e. The highest BCUT2D eigenvalue weighted by Crippen LogP contribution is 2.23. The molecule has 2 aliphatic rings. The topological polar surface area (TPSA) is 44.3 Å². The van der Waals surface area contributed by atoms with Crippen molar-refractivity contribution >= 4 is 5.82 Å². The summed E-state index contributed by atoms with van der Waals surface area (Å²) < 4.78 is 0. The number of anilines is 1. The normalized spacial score (nSPS) is 23.7. The molecule has 0 spiro atoms. The van der Waals surface area contributed by atoms with Crippen LogP contribution in [0.5, 0.6) is 0 Å². The number of likely N-dealkylation sites (tertiary alicyclic amines) is 1. The Morgan fingerprint density at radius 1 is 1.19 bits per heavy atom. The first-order chi connectivity index (χ1) is 10.4. The van der Waals surface area contributed by atoms with Crippen molar-refractivity contribution in [2.75, 3.05) is 37.6 Å². The van der Waals surface area contributed by atoms with E-state index in [0.717, 1.165) is 37.7 Å². The molecule has 0 radical (unpaired) electrons. The summed E-state index contributed by atoms with van der Waals surface area (Å²) in [4.78, 5) is 14.2. The summed E-state index contributed by atoms with van der Waals surface area (Å²) >= 11 is 0. The van der Waals surface area contributed by atoms with Crippen molar-refractivity contribution in [3.8, 4) is 0 Å². The zero-order valence-electron chi connectivity index (χ0n) is 13.1. The predicted molar refractivity (Wildman–Crippen MR) is 85.5 cm³/mol. The molecule has 0 amide bonds. The Kier molecular flexibility index (Phi) is 5.04. The highest BCUT2D eigenvalue weighted by molar-refractivity contribution is 5.38. The SMILES string of the molecule is CCNCc1cncc(N2CCC(N3CCCCC3)C2)n1. The lowest BCUT2D eigenvalue weighted by atomic mass is 10.1. The van der Waals surface area contributed by atoms with Gasteiger partial charge in [0.1, 0.15) is 5.82 Å². The number of aromatic nitrogens is 2. The quantitative estimate of drug-likeness (QED) is 0.893. The van der Waals surface area contributed by atoms with E-state index in [9.17, 15) is 0 Å². The second-order valence-electron chi connectivity index (χ2n) is 6.13. The van der Waals surface area contributed by atoms with Crippen molar-refractivity contribution in [2.45, 2.75) is 45.2 Å². The van der Waals surface area contributed by atoms with Gasteiger partial charge >= 0.3 is 0 Å². The Morgan fingerprint density at radius 3 is 2.86 bits per heavy atom. The summed E-state index contributed by atoms with van der Waals surface area (Å²) in [6.45, 7) is 8.67. The molecule has 5 heteroatoms. The van der Waals surface area contributed by atoms with Crippen LogP contribution < -0.4 is 10.2 Å². The van der Waals surface area contributed by atoms with Gasteiger partial charge in [0, 0.05) is 31.9 Å². The zero-order chi connectivity index (χ0) is 14.5. The number of hydrogen-bond acceptors (Lipinski definition) is 5. The maximum absolute atomic E-state index is 4.75. The van der Waals surface area contributed by atoms with Crippen molar-refractivity contribution in [3.63, 3.8) is 0 Å². The molecule has 1 unspecified atom stereocenters. The second kappa shape index (κ2) is 7.18. The smallest absolute Gasteiger partial charge is 0.147 e. The zero-order valence-corrected chi connectivity index (χ0v) is 13.1. The van der Waals surface area contributed by atoms with Crippen molar-refractivity contribution < 1.29 is 0 Å². The van der Waals surface area contributed by atoms with E-state index < -0.39 is 0 Å². The van der Waals surface area contributed by atoms with Gasteiger partial charge in [-0.3, -0.25) is 9.88 Å². The highest BCUT2D eigenvalue weighted by atomic mass is 15.3. The fourth-order valence-electron chi connectivity index (χ4n) is 3.42. The molecule has 2 aliphatic heterocycles. The van der Waals surface area contributed by atoms with Crippen molar-refractivity contribution in [2.24, 2.45) is 0 Å². The van der Waals surface area contributed by atoms with Crippen molar-refractivity contribution in [1.82, 2.24) is 20.2 Å². The number of hydrogen-bond donors (Lipinski definition) is 1. The average Bonchev–Trinajstić information content (AvgIpc) is 3.04. The molecule has 0 aromatic carbocycles. The molecule has 3 heterocycles. The number of nitrogens with zero attached hydrogens (tertiary/aromatic N) is 4. The van der Waals surface area contributed by atoms with Crippen LogP contribution in [0.2, 0.25) is 0 Å². The van der Waals surface area contributed by atoms with Gasteiger partial charge in [0.15, 0.2) is 0 Å². The predicted octanol–water partition coefficient (Wildman–Crippen LogP) is 1.65. The van der Waals surface area contributed by atoms with E-state index in [0.29, 0.717) is 6.04 Å². The second-order valence-corrected chi connectivity index (χ2v) is 6.13. The van der Waals surface area contributed by atoms with Gasteiger partial charge in [-0.1, -0.05) is 13.3 Å². The summed E-state index contributed by atoms with van der Waals surface area (Å²) in [6.07, 6.45) is 9.19. The molecule has 21 heavy (non-hydrogen) atoms. The van der Waals surface area contributed by atoms with Crippen LogP contribution in [0.1, 0.15) is 38.3 Å². The third-order valence-corrected chi connectivity index (χ3v) is 4.62. The van der Waals surface area contributed by atoms with Crippen LogP contribution in [-0.4, -0.2) is 53.6 Å². The van der Waals surface area contributed by atoms with Gasteiger partial charge in [-0.2, -0.15) is 0 Å². The van der Waals surface area contributed by atoms with Gasteiger partial charge in [0.05, 0.1) is 11.9 Å². The Bertz CT molecular complexity index is 444. The van der Waals surface area contributed by atoms with E-state index >= 15 is 0 Å². The van der Waals surface area contributed by atoms with E-state index in [2.05, 4.69) is 27.0 Å². The summed E-state index contributed by atoms with van der Waals surface area (Å²) in [6, 6.07) is 0.713. The van der Waals surface area contributed by atoms with Gasteiger partial charge in [-0.15, -0.1) is 0 Å². The van der Waals surface area contributed by atoms with E-state index in [1.54, 1.807) is 0 Å². The fourth-order valence-corrected chi connectivity index (χ4v) is 3.42. The van der Waals surface area contributed by atoms with Crippen LogP contribution in [-0.2, 0) is 6.54 Å².